The number of para-hydroxylation sites is 1. The third-order valence-electron chi connectivity index (χ3n) is 4.70. The minimum atomic E-state index is -1.59. The van der Waals surface area contributed by atoms with Crippen molar-refractivity contribution >= 4 is 17.6 Å². The Bertz CT molecular complexity index is 942. The number of carbonyl (C=O) groups excluding carboxylic acids is 2. The van der Waals surface area contributed by atoms with Gasteiger partial charge in [-0.3, -0.25) is 10.1 Å². The first-order chi connectivity index (χ1) is 13.5. The van der Waals surface area contributed by atoms with Crippen LogP contribution in [-0.2, 0) is 24.6 Å². The number of carbonyl (C=O) groups is 2. The fourth-order valence-electron chi connectivity index (χ4n) is 3.54. The zero-order chi connectivity index (χ0) is 20.3. The van der Waals surface area contributed by atoms with E-state index in [2.05, 4.69) is 5.32 Å². The highest BCUT2D eigenvalue weighted by molar-refractivity contribution is 6.08. The Morgan fingerprint density at radius 2 is 1.50 bits per heavy atom. The van der Waals surface area contributed by atoms with Gasteiger partial charge in [0.05, 0.1) is 19.8 Å². The van der Waals surface area contributed by atoms with Crippen molar-refractivity contribution in [3.63, 3.8) is 0 Å². The predicted octanol–water partition coefficient (Wildman–Crippen LogP) is 2.30. The molecule has 1 aliphatic carbocycles. The summed E-state index contributed by atoms with van der Waals surface area (Å²) in [6.07, 6.45) is 0. The smallest absolute Gasteiger partial charge is 0.341 e. The molecule has 0 aromatic heterocycles. The van der Waals surface area contributed by atoms with E-state index >= 15 is 0 Å². The third-order valence-corrected chi connectivity index (χ3v) is 4.70. The third kappa shape index (κ3) is 2.88. The van der Waals surface area contributed by atoms with Crippen LogP contribution < -0.4 is 5.32 Å². The summed E-state index contributed by atoms with van der Waals surface area (Å²) in [7, 11) is 2.26. The average Bonchev–Trinajstić information content (AvgIpc) is 2.71. The first kappa shape index (κ1) is 19.1. The van der Waals surface area contributed by atoms with Crippen LogP contribution in [0.15, 0.2) is 71.8 Å². The fourth-order valence-corrected chi connectivity index (χ4v) is 3.54. The number of nitrogens with zero attached hydrogens (tertiary/aromatic N) is 1. The molecule has 0 radical (unpaired) electrons. The summed E-state index contributed by atoms with van der Waals surface area (Å²) >= 11 is 0. The predicted molar refractivity (Wildman–Crippen MR) is 100 cm³/mol. The highest BCUT2D eigenvalue weighted by Crippen LogP contribution is 2.51. The summed E-state index contributed by atoms with van der Waals surface area (Å²) in [5, 5.41) is 15.1. The molecule has 2 aromatic rings. The van der Waals surface area contributed by atoms with E-state index < -0.39 is 28.4 Å². The molecule has 0 amide bonds. The van der Waals surface area contributed by atoms with Crippen molar-refractivity contribution in [3.05, 3.63) is 87.5 Å². The topological polar surface area (TPSA) is 108 Å². The molecule has 0 spiro atoms. The highest BCUT2D eigenvalue weighted by Gasteiger charge is 2.68. The molecule has 1 N–H and O–H groups in total. The van der Waals surface area contributed by atoms with Crippen LogP contribution in [0.25, 0.3) is 0 Å². The van der Waals surface area contributed by atoms with Crippen LogP contribution in [0.2, 0.25) is 0 Å². The molecule has 8 heteroatoms. The van der Waals surface area contributed by atoms with E-state index in [1.165, 1.54) is 0 Å². The second-order valence-corrected chi connectivity index (χ2v) is 6.12. The summed E-state index contributed by atoms with van der Waals surface area (Å²) in [4.78, 5) is 36.3. The molecule has 2 unspecified atom stereocenters. The fraction of sp³-hybridized carbons (Fsp3) is 0.200. The number of nitrogens with one attached hydrogen (secondary N) is 1. The second-order valence-electron chi connectivity index (χ2n) is 6.12. The molecule has 2 aromatic carbocycles. The van der Waals surface area contributed by atoms with Crippen molar-refractivity contribution < 1.29 is 24.0 Å². The number of ether oxygens (including phenoxy) is 2. The zero-order valence-corrected chi connectivity index (χ0v) is 15.2. The number of nitro groups is 1. The van der Waals surface area contributed by atoms with Crippen LogP contribution in [0.3, 0.4) is 0 Å². The molecular weight excluding hydrogens is 364 g/mol. The lowest BCUT2D eigenvalue weighted by atomic mass is 9.62. The lowest BCUT2D eigenvalue weighted by Crippen LogP contribution is -2.63. The van der Waals surface area contributed by atoms with Gasteiger partial charge in [0.1, 0.15) is 5.57 Å². The van der Waals surface area contributed by atoms with Crippen molar-refractivity contribution in [1.82, 2.24) is 0 Å². The van der Waals surface area contributed by atoms with Crippen LogP contribution in [0.4, 0.5) is 5.69 Å². The maximum atomic E-state index is 12.6. The molecule has 0 saturated carbocycles. The molecule has 0 fully saturated rings. The van der Waals surface area contributed by atoms with Gasteiger partial charge in [-0.25, -0.2) is 9.59 Å². The number of esters is 2. The van der Waals surface area contributed by atoms with Gasteiger partial charge in [0.15, 0.2) is 5.54 Å². The van der Waals surface area contributed by atoms with Gasteiger partial charge in [-0.1, -0.05) is 48.5 Å². The highest BCUT2D eigenvalue weighted by atomic mass is 16.6. The second kappa shape index (κ2) is 7.51. The van der Waals surface area contributed by atoms with Crippen LogP contribution in [0.1, 0.15) is 5.56 Å². The molecule has 0 saturated heterocycles. The van der Waals surface area contributed by atoms with E-state index in [4.69, 9.17) is 9.47 Å². The van der Waals surface area contributed by atoms with Gasteiger partial charge in [-0.15, -0.1) is 0 Å². The van der Waals surface area contributed by atoms with Crippen molar-refractivity contribution in [3.8, 4) is 0 Å². The van der Waals surface area contributed by atoms with Gasteiger partial charge in [-0.2, -0.15) is 0 Å². The molecule has 0 heterocycles. The van der Waals surface area contributed by atoms with E-state index in [0.29, 0.717) is 11.3 Å². The quantitative estimate of drug-likeness (QED) is 0.464. The molecule has 3 rings (SSSR count). The summed E-state index contributed by atoms with van der Waals surface area (Å²) < 4.78 is 9.56. The van der Waals surface area contributed by atoms with Crippen molar-refractivity contribution in [2.45, 2.75) is 11.6 Å². The van der Waals surface area contributed by atoms with Crippen LogP contribution >= 0.6 is 0 Å². The van der Waals surface area contributed by atoms with Crippen LogP contribution in [-0.4, -0.2) is 37.1 Å². The number of rotatable bonds is 6. The number of benzene rings is 2. The van der Waals surface area contributed by atoms with Gasteiger partial charge in [-0.05, 0) is 17.7 Å². The number of methoxy groups -OCH3 is 2. The zero-order valence-electron chi connectivity index (χ0n) is 15.2. The Morgan fingerprint density at radius 1 is 0.964 bits per heavy atom. The van der Waals surface area contributed by atoms with Gasteiger partial charge in [0.25, 0.3) is 6.04 Å². The van der Waals surface area contributed by atoms with E-state index in [9.17, 15) is 19.7 Å². The molecule has 0 aliphatic heterocycles. The average molecular weight is 382 g/mol. The van der Waals surface area contributed by atoms with Crippen LogP contribution in [0, 0.1) is 10.1 Å². The van der Waals surface area contributed by atoms with Crippen molar-refractivity contribution in [2.75, 3.05) is 19.5 Å². The summed E-state index contributed by atoms with van der Waals surface area (Å²) in [5.74, 6) is -1.78. The van der Waals surface area contributed by atoms with Gasteiger partial charge in [0, 0.05) is 10.6 Å². The molecular formula is C20H18N2O6. The molecule has 1 aliphatic rings. The summed E-state index contributed by atoms with van der Waals surface area (Å²) in [5.41, 5.74) is -1.06. The maximum absolute atomic E-state index is 12.6. The number of anilines is 1. The normalized spacial score (nSPS) is 20.7. The molecule has 8 nitrogen and oxygen atoms in total. The Morgan fingerprint density at radius 3 is 2.00 bits per heavy atom. The molecule has 0 bridgehead atoms. The van der Waals surface area contributed by atoms with E-state index in [1.807, 2.05) is 0 Å². The van der Waals surface area contributed by atoms with Gasteiger partial charge < -0.3 is 14.8 Å². The van der Waals surface area contributed by atoms with E-state index in [1.54, 1.807) is 60.7 Å². The molecule has 2 atom stereocenters. The Hall–Kier alpha value is -3.68. The molecule has 144 valence electrons. The van der Waals surface area contributed by atoms with E-state index in [0.717, 1.165) is 14.2 Å². The lowest BCUT2D eigenvalue weighted by molar-refractivity contribution is -0.526. The first-order valence-electron chi connectivity index (χ1n) is 8.41. The minimum Gasteiger partial charge on any atom is -0.466 e. The minimum absolute atomic E-state index is 0.140. The standard InChI is InChI=1S/C20H18N2O6/c1-27-18(23)15-16(19(24)28-2)20(17(15)22(25)26,13-9-5-3-6-10-13)21-14-11-7-4-8-12-14/h3-12,17,21H,1-2H3. The number of hydrogen-bond acceptors (Lipinski definition) is 7. The van der Waals surface area contributed by atoms with Crippen molar-refractivity contribution in [1.29, 1.82) is 0 Å². The monoisotopic (exact) mass is 382 g/mol. The maximum Gasteiger partial charge on any atom is 0.341 e. The Balaban J connectivity index is 2.32. The Labute approximate surface area is 160 Å². The Kier molecular flexibility index (Phi) is 5.12. The van der Waals surface area contributed by atoms with Gasteiger partial charge >= 0.3 is 11.9 Å². The largest absolute Gasteiger partial charge is 0.466 e. The first-order valence-corrected chi connectivity index (χ1v) is 8.41. The van der Waals surface area contributed by atoms with Crippen LogP contribution in [0.5, 0.6) is 0 Å². The lowest BCUT2D eigenvalue weighted by Gasteiger charge is -2.46. The SMILES string of the molecule is COC(=O)C1=C(C(=O)OC)C(Nc2ccccc2)(c2ccccc2)C1[N+](=O)[O-]. The number of hydrogen-bond donors (Lipinski definition) is 1. The van der Waals surface area contributed by atoms with Crippen molar-refractivity contribution in [2.24, 2.45) is 0 Å². The summed E-state index contributed by atoms with van der Waals surface area (Å²) in [6, 6.07) is 15.7. The molecule has 28 heavy (non-hydrogen) atoms. The summed E-state index contributed by atoms with van der Waals surface area (Å²) in [6.45, 7) is 0. The van der Waals surface area contributed by atoms with E-state index in [-0.39, 0.29) is 11.1 Å². The van der Waals surface area contributed by atoms with Gasteiger partial charge in [0.2, 0.25) is 0 Å².